The first kappa shape index (κ1) is 14.9. The van der Waals surface area contributed by atoms with E-state index in [1.54, 1.807) is 0 Å². The molecule has 4 heteroatoms. The molecule has 0 bridgehead atoms. The SMILES string of the molecule is CCOCCCCNCCOCC1CCOC1. The lowest BCUT2D eigenvalue weighted by Gasteiger charge is -2.09. The van der Waals surface area contributed by atoms with Crippen LogP contribution in [0.15, 0.2) is 0 Å². The maximum Gasteiger partial charge on any atom is 0.0591 e. The van der Waals surface area contributed by atoms with Gasteiger partial charge < -0.3 is 19.5 Å². The van der Waals surface area contributed by atoms with Gasteiger partial charge in [0.15, 0.2) is 0 Å². The van der Waals surface area contributed by atoms with E-state index in [2.05, 4.69) is 5.32 Å². The van der Waals surface area contributed by atoms with Gasteiger partial charge in [-0.05, 0) is 32.7 Å². The molecule has 4 nitrogen and oxygen atoms in total. The maximum atomic E-state index is 5.60. The molecule has 1 rings (SSSR count). The molecule has 1 aliphatic heterocycles. The lowest BCUT2D eigenvalue weighted by atomic mass is 10.1. The topological polar surface area (TPSA) is 39.7 Å². The predicted molar refractivity (Wildman–Crippen MR) is 68.3 cm³/mol. The Balaban J connectivity index is 1.69. The number of unbranched alkanes of at least 4 members (excludes halogenated alkanes) is 1. The van der Waals surface area contributed by atoms with Gasteiger partial charge in [-0.15, -0.1) is 0 Å². The molecule has 0 aromatic rings. The average Bonchev–Trinajstić information content (AvgIpc) is 2.85. The van der Waals surface area contributed by atoms with E-state index in [9.17, 15) is 0 Å². The van der Waals surface area contributed by atoms with E-state index in [0.29, 0.717) is 5.92 Å². The Morgan fingerprint density at radius 3 is 2.88 bits per heavy atom. The van der Waals surface area contributed by atoms with Crippen molar-refractivity contribution in [2.75, 3.05) is 52.7 Å². The molecule has 0 aliphatic carbocycles. The van der Waals surface area contributed by atoms with Crippen LogP contribution in [-0.4, -0.2) is 52.7 Å². The molecular weight excluding hydrogens is 218 g/mol. The zero-order valence-electron chi connectivity index (χ0n) is 11.1. The summed E-state index contributed by atoms with van der Waals surface area (Å²) in [5, 5.41) is 3.38. The first-order valence-electron chi connectivity index (χ1n) is 6.87. The third-order valence-corrected chi connectivity index (χ3v) is 2.90. The highest BCUT2D eigenvalue weighted by atomic mass is 16.5. The molecule has 1 fully saturated rings. The minimum atomic E-state index is 0.626. The third-order valence-electron chi connectivity index (χ3n) is 2.90. The van der Waals surface area contributed by atoms with Crippen molar-refractivity contribution in [3.8, 4) is 0 Å². The Bertz CT molecular complexity index is 161. The number of hydrogen-bond acceptors (Lipinski definition) is 4. The fraction of sp³-hybridized carbons (Fsp3) is 1.00. The second-order valence-electron chi connectivity index (χ2n) is 4.46. The standard InChI is InChI=1S/C13H27NO3/c1-2-15-8-4-3-6-14-7-10-17-12-13-5-9-16-11-13/h13-14H,2-12H2,1H3. The summed E-state index contributed by atoms with van der Waals surface area (Å²) in [5.74, 6) is 0.626. The van der Waals surface area contributed by atoms with Gasteiger partial charge in [-0.2, -0.15) is 0 Å². The van der Waals surface area contributed by atoms with E-state index in [-0.39, 0.29) is 0 Å². The van der Waals surface area contributed by atoms with Gasteiger partial charge in [0, 0.05) is 32.3 Å². The molecule has 102 valence electrons. The fourth-order valence-corrected chi connectivity index (χ4v) is 1.83. The van der Waals surface area contributed by atoms with Crippen LogP contribution in [-0.2, 0) is 14.2 Å². The highest BCUT2D eigenvalue weighted by Crippen LogP contribution is 2.11. The molecule has 0 spiro atoms. The summed E-state index contributed by atoms with van der Waals surface area (Å²) in [6.07, 6.45) is 3.47. The quantitative estimate of drug-likeness (QED) is 0.559. The predicted octanol–water partition coefficient (Wildman–Crippen LogP) is 1.45. The van der Waals surface area contributed by atoms with Gasteiger partial charge in [-0.3, -0.25) is 0 Å². The van der Waals surface area contributed by atoms with Crippen LogP contribution in [0.1, 0.15) is 26.2 Å². The van der Waals surface area contributed by atoms with Crippen molar-refractivity contribution < 1.29 is 14.2 Å². The Morgan fingerprint density at radius 1 is 1.18 bits per heavy atom. The minimum absolute atomic E-state index is 0.626. The number of hydrogen-bond donors (Lipinski definition) is 1. The summed E-state index contributed by atoms with van der Waals surface area (Å²) in [5.41, 5.74) is 0. The first-order chi connectivity index (χ1) is 8.43. The Morgan fingerprint density at radius 2 is 2.12 bits per heavy atom. The smallest absolute Gasteiger partial charge is 0.0591 e. The van der Waals surface area contributed by atoms with Gasteiger partial charge in [-0.1, -0.05) is 0 Å². The first-order valence-corrected chi connectivity index (χ1v) is 6.87. The van der Waals surface area contributed by atoms with E-state index in [4.69, 9.17) is 14.2 Å². The summed E-state index contributed by atoms with van der Waals surface area (Å²) in [6.45, 7) is 9.20. The van der Waals surface area contributed by atoms with Crippen LogP contribution in [0.4, 0.5) is 0 Å². The Labute approximate surface area is 105 Å². The van der Waals surface area contributed by atoms with E-state index < -0.39 is 0 Å². The summed E-state index contributed by atoms with van der Waals surface area (Å²) in [7, 11) is 0. The molecule has 1 atom stereocenters. The van der Waals surface area contributed by atoms with Gasteiger partial charge in [0.2, 0.25) is 0 Å². The second-order valence-corrected chi connectivity index (χ2v) is 4.46. The van der Waals surface area contributed by atoms with Gasteiger partial charge in [0.05, 0.1) is 19.8 Å². The highest BCUT2D eigenvalue weighted by molar-refractivity contribution is 4.62. The monoisotopic (exact) mass is 245 g/mol. The molecular formula is C13H27NO3. The molecule has 0 saturated carbocycles. The maximum absolute atomic E-state index is 5.60. The molecule has 17 heavy (non-hydrogen) atoms. The van der Waals surface area contributed by atoms with Crippen LogP contribution in [0.25, 0.3) is 0 Å². The summed E-state index contributed by atoms with van der Waals surface area (Å²) in [6, 6.07) is 0. The normalized spacial score (nSPS) is 19.9. The van der Waals surface area contributed by atoms with Crippen LogP contribution in [0.2, 0.25) is 0 Å². The van der Waals surface area contributed by atoms with Crippen molar-refractivity contribution in [3.63, 3.8) is 0 Å². The summed E-state index contributed by atoms with van der Waals surface area (Å²) < 4.78 is 16.2. The van der Waals surface area contributed by atoms with Crippen LogP contribution < -0.4 is 5.32 Å². The fourth-order valence-electron chi connectivity index (χ4n) is 1.83. The van der Waals surface area contributed by atoms with Crippen molar-refractivity contribution in [1.29, 1.82) is 0 Å². The Kier molecular flexibility index (Phi) is 9.61. The molecule has 0 radical (unpaired) electrons. The van der Waals surface area contributed by atoms with Crippen LogP contribution in [0.5, 0.6) is 0 Å². The molecule has 0 aromatic heterocycles. The second kappa shape index (κ2) is 11.0. The van der Waals surface area contributed by atoms with Gasteiger partial charge in [0.25, 0.3) is 0 Å². The van der Waals surface area contributed by atoms with Crippen LogP contribution in [0.3, 0.4) is 0 Å². The number of ether oxygens (including phenoxy) is 3. The average molecular weight is 245 g/mol. The van der Waals surface area contributed by atoms with Gasteiger partial charge >= 0.3 is 0 Å². The van der Waals surface area contributed by atoms with Crippen LogP contribution in [0, 0.1) is 5.92 Å². The third kappa shape index (κ3) is 8.55. The molecule has 0 aromatic carbocycles. The zero-order chi connectivity index (χ0) is 12.2. The van der Waals surface area contributed by atoms with E-state index >= 15 is 0 Å². The zero-order valence-corrected chi connectivity index (χ0v) is 11.1. The number of rotatable bonds is 11. The number of nitrogens with one attached hydrogen (secondary N) is 1. The van der Waals surface area contributed by atoms with Crippen molar-refractivity contribution >= 4 is 0 Å². The largest absolute Gasteiger partial charge is 0.382 e. The molecule has 1 N–H and O–H groups in total. The molecule has 0 amide bonds. The lowest BCUT2D eigenvalue weighted by Crippen LogP contribution is -2.22. The van der Waals surface area contributed by atoms with E-state index in [1.165, 1.54) is 6.42 Å². The van der Waals surface area contributed by atoms with E-state index in [0.717, 1.165) is 65.6 Å². The van der Waals surface area contributed by atoms with Crippen molar-refractivity contribution in [1.82, 2.24) is 5.32 Å². The Hall–Kier alpha value is -0.160. The lowest BCUT2D eigenvalue weighted by molar-refractivity contribution is 0.0912. The van der Waals surface area contributed by atoms with Crippen molar-refractivity contribution in [2.24, 2.45) is 5.92 Å². The van der Waals surface area contributed by atoms with Crippen LogP contribution >= 0.6 is 0 Å². The molecule has 1 aliphatic rings. The summed E-state index contributed by atoms with van der Waals surface area (Å²) in [4.78, 5) is 0. The summed E-state index contributed by atoms with van der Waals surface area (Å²) >= 11 is 0. The highest BCUT2D eigenvalue weighted by Gasteiger charge is 2.14. The minimum Gasteiger partial charge on any atom is -0.382 e. The van der Waals surface area contributed by atoms with Gasteiger partial charge in [0.1, 0.15) is 0 Å². The van der Waals surface area contributed by atoms with E-state index in [1.807, 2.05) is 6.92 Å². The van der Waals surface area contributed by atoms with Gasteiger partial charge in [-0.25, -0.2) is 0 Å². The molecule has 1 unspecified atom stereocenters. The molecule has 1 heterocycles. The molecule has 1 saturated heterocycles. The van der Waals surface area contributed by atoms with Crippen molar-refractivity contribution in [3.05, 3.63) is 0 Å². The van der Waals surface area contributed by atoms with Crippen molar-refractivity contribution in [2.45, 2.75) is 26.2 Å².